The van der Waals surface area contributed by atoms with E-state index in [0.717, 1.165) is 61.8 Å². The Labute approximate surface area is 157 Å². The molecule has 26 heavy (non-hydrogen) atoms. The highest BCUT2D eigenvalue weighted by Crippen LogP contribution is 2.36. The average Bonchev–Trinajstić information content (AvgIpc) is 2.62. The molecule has 0 aromatic heterocycles. The van der Waals surface area contributed by atoms with E-state index in [1.54, 1.807) is 6.20 Å². The van der Waals surface area contributed by atoms with Gasteiger partial charge in [-0.15, -0.1) is 0 Å². The smallest absolute Gasteiger partial charge is 0.220 e. The highest BCUT2D eigenvalue weighted by Gasteiger charge is 2.29. The summed E-state index contributed by atoms with van der Waals surface area (Å²) in [5.74, 6) is 1.43. The molecule has 0 bridgehead atoms. The number of hydrogen-bond donors (Lipinski definition) is 2. The second-order valence-corrected chi connectivity index (χ2v) is 7.63. The minimum absolute atomic E-state index is 0.0384. The van der Waals surface area contributed by atoms with Crippen molar-refractivity contribution in [3.8, 4) is 0 Å². The fourth-order valence-electron chi connectivity index (χ4n) is 4.22. The molecule has 5 nitrogen and oxygen atoms in total. The van der Waals surface area contributed by atoms with Crippen LogP contribution in [0.25, 0.3) is 0 Å². The summed E-state index contributed by atoms with van der Waals surface area (Å²) in [6.07, 6.45) is 7.71. The molecule has 2 aliphatic rings. The number of likely N-dealkylation sites (tertiary alicyclic amines) is 1. The Morgan fingerprint density at radius 2 is 1.96 bits per heavy atom. The number of amides is 1. The highest BCUT2D eigenvalue weighted by molar-refractivity contribution is 6.03. The van der Waals surface area contributed by atoms with Gasteiger partial charge in [0.1, 0.15) is 5.84 Å². The summed E-state index contributed by atoms with van der Waals surface area (Å²) < 4.78 is 0. The molecule has 2 rings (SSSR count). The first kappa shape index (κ1) is 20.3. The van der Waals surface area contributed by atoms with Crippen molar-refractivity contribution in [3.63, 3.8) is 0 Å². The Balaban J connectivity index is 2.32. The largest absolute Gasteiger partial charge is 0.402 e. The van der Waals surface area contributed by atoms with Crippen LogP contribution in [0.5, 0.6) is 0 Å². The Morgan fingerprint density at radius 1 is 1.31 bits per heavy atom. The van der Waals surface area contributed by atoms with Crippen LogP contribution in [0, 0.1) is 11.8 Å². The van der Waals surface area contributed by atoms with E-state index in [2.05, 4.69) is 30.3 Å². The first-order valence-corrected chi connectivity index (χ1v) is 9.77. The molecule has 0 radical (unpaired) electrons. The molecular formula is C21H34N4O. The minimum atomic E-state index is -0.200. The van der Waals surface area contributed by atoms with Crippen molar-refractivity contribution in [1.82, 2.24) is 4.90 Å². The van der Waals surface area contributed by atoms with Gasteiger partial charge in [-0.3, -0.25) is 4.79 Å². The quantitative estimate of drug-likeness (QED) is 0.583. The lowest BCUT2D eigenvalue weighted by molar-refractivity contribution is -0.122. The lowest BCUT2D eigenvalue weighted by atomic mass is 9.79. The van der Waals surface area contributed by atoms with Crippen LogP contribution in [-0.2, 0) is 4.79 Å². The Bertz CT molecular complexity index is 632. The van der Waals surface area contributed by atoms with E-state index in [4.69, 9.17) is 11.5 Å². The fraction of sp³-hybridized carbons (Fsp3) is 0.619. The van der Waals surface area contributed by atoms with Crippen LogP contribution in [0.3, 0.4) is 0 Å². The third kappa shape index (κ3) is 4.57. The van der Waals surface area contributed by atoms with E-state index >= 15 is 0 Å². The van der Waals surface area contributed by atoms with Crippen molar-refractivity contribution in [3.05, 3.63) is 35.2 Å². The standard InChI is InChI=1S/C21H34N4O/c1-5-16-7-8-18(14(3)13-16)19(15(4)22)21(24-6-2)25-11-9-17(10-12-25)20(23)26/h6,16-17H,2,5,7-13,22H2,1,3-4H3,(H2,23,26)/b19-15-,24-21?. The van der Waals surface area contributed by atoms with Gasteiger partial charge in [-0.1, -0.05) is 25.5 Å². The van der Waals surface area contributed by atoms with Gasteiger partial charge in [0, 0.05) is 36.5 Å². The van der Waals surface area contributed by atoms with E-state index < -0.39 is 0 Å². The summed E-state index contributed by atoms with van der Waals surface area (Å²) in [5, 5.41) is 0. The predicted octanol–water partition coefficient (Wildman–Crippen LogP) is 3.49. The molecule has 1 heterocycles. The van der Waals surface area contributed by atoms with E-state index in [1.807, 2.05) is 6.92 Å². The monoisotopic (exact) mass is 358 g/mol. The van der Waals surface area contributed by atoms with Crippen LogP contribution in [-0.4, -0.2) is 29.7 Å². The normalized spacial score (nSPS) is 23.7. The average molecular weight is 359 g/mol. The maximum absolute atomic E-state index is 11.5. The molecule has 1 aliphatic heterocycles. The maximum atomic E-state index is 11.5. The van der Waals surface area contributed by atoms with Gasteiger partial charge in [0.05, 0.1) is 0 Å². The van der Waals surface area contributed by atoms with Gasteiger partial charge in [-0.25, -0.2) is 4.99 Å². The van der Waals surface area contributed by atoms with Crippen molar-refractivity contribution in [1.29, 1.82) is 0 Å². The van der Waals surface area contributed by atoms with E-state index in [0.29, 0.717) is 0 Å². The first-order chi connectivity index (χ1) is 12.4. The number of allylic oxidation sites excluding steroid dienone is 2. The summed E-state index contributed by atoms with van der Waals surface area (Å²) in [4.78, 5) is 18.3. The SMILES string of the molecule is C=CN=C(/C(C1=C(C)CC(CC)CC1)=C(/C)N)N1CCC(C(N)=O)CC1. The number of piperidine rings is 1. The summed E-state index contributed by atoms with van der Waals surface area (Å²) in [7, 11) is 0. The zero-order chi connectivity index (χ0) is 19.3. The van der Waals surface area contributed by atoms with Crippen LogP contribution in [0.1, 0.15) is 59.3 Å². The van der Waals surface area contributed by atoms with Crippen LogP contribution >= 0.6 is 0 Å². The molecular weight excluding hydrogens is 324 g/mol. The number of rotatable bonds is 5. The summed E-state index contributed by atoms with van der Waals surface area (Å²) in [6, 6.07) is 0. The summed E-state index contributed by atoms with van der Waals surface area (Å²) in [6.45, 7) is 11.8. The number of primary amides is 1. The van der Waals surface area contributed by atoms with Crippen LogP contribution in [0.4, 0.5) is 0 Å². The fourth-order valence-corrected chi connectivity index (χ4v) is 4.22. The van der Waals surface area contributed by atoms with E-state index in [1.165, 1.54) is 24.0 Å². The molecule has 1 saturated heterocycles. The van der Waals surface area contributed by atoms with Gasteiger partial charge in [-0.05, 0) is 57.4 Å². The van der Waals surface area contributed by atoms with Gasteiger partial charge >= 0.3 is 0 Å². The van der Waals surface area contributed by atoms with Crippen molar-refractivity contribution >= 4 is 11.7 Å². The molecule has 4 N–H and O–H groups in total. The molecule has 0 saturated carbocycles. The number of aliphatic imine (C=N–C) groups is 1. The van der Waals surface area contributed by atoms with Crippen molar-refractivity contribution in [2.75, 3.05) is 13.1 Å². The minimum Gasteiger partial charge on any atom is -0.402 e. The predicted molar refractivity (Wildman–Crippen MR) is 108 cm³/mol. The maximum Gasteiger partial charge on any atom is 0.220 e. The molecule has 0 spiro atoms. The second-order valence-electron chi connectivity index (χ2n) is 7.63. The molecule has 1 unspecified atom stereocenters. The number of hydrogen-bond acceptors (Lipinski definition) is 3. The van der Waals surface area contributed by atoms with Gasteiger partial charge in [0.2, 0.25) is 5.91 Å². The summed E-state index contributed by atoms with van der Waals surface area (Å²) in [5.41, 5.74) is 16.4. The van der Waals surface area contributed by atoms with Gasteiger partial charge < -0.3 is 16.4 Å². The highest BCUT2D eigenvalue weighted by atomic mass is 16.1. The van der Waals surface area contributed by atoms with Crippen molar-refractivity contribution in [2.24, 2.45) is 28.3 Å². The molecule has 0 aromatic rings. The first-order valence-electron chi connectivity index (χ1n) is 9.77. The molecule has 144 valence electrons. The molecule has 5 heteroatoms. The third-order valence-corrected chi connectivity index (χ3v) is 5.82. The molecule has 1 atom stereocenters. The Kier molecular flexibility index (Phi) is 7.06. The second kappa shape index (κ2) is 9.06. The molecule has 1 amide bonds. The molecule has 1 aliphatic carbocycles. The lowest BCUT2D eigenvalue weighted by Crippen LogP contribution is -2.43. The van der Waals surface area contributed by atoms with Crippen LogP contribution in [0.2, 0.25) is 0 Å². The Morgan fingerprint density at radius 3 is 2.42 bits per heavy atom. The number of amidine groups is 1. The van der Waals surface area contributed by atoms with Crippen molar-refractivity contribution in [2.45, 2.75) is 59.3 Å². The lowest BCUT2D eigenvalue weighted by Gasteiger charge is -2.36. The van der Waals surface area contributed by atoms with E-state index in [-0.39, 0.29) is 11.8 Å². The van der Waals surface area contributed by atoms with E-state index in [9.17, 15) is 4.79 Å². The third-order valence-electron chi connectivity index (χ3n) is 5.82. The van der Waals surface area contributed by atoms with Crippen LogP contribution < -0.4 is 11.5 Å². The summed E-state index contributed by atoms with van der Waals surface area (Å²) >= 11 is 0. The number of carbonyl (C=O) groups excluding carboxylic acids is 1. The van der Waals surface area contributed by atoms with Gasteiger partial charge in [0.25, 0.3) is 0 Å². The number of nitrogens with two attached hydrogens (primary N) is 2. The van der Waals surface area contributed by atoms with Gasteiger partial charge in [0.15, 0.2) is 0 Å². The van der Waals surface area contributed by atoms with Crippen LogP contribution in [0.15, 0.2) is 40.2 Å². The zero-order valence-electron chi connectivity index (χ0n) is 16.6. The van der Waals surface area contributed by atoms with Gasteiger partial charge in [-0.2, -0.15) is 0 Å². The Hall–Kier alpha value is -2.04. The molecule has 1 fully saturated rings. The number of carbonyl (C=O) groups is 1. The molecule has 0 aromatic carbocycles. The topological polar surface area (TPSA) is 84.7 Å². The number of nitrogens with zero attached hydrogens (tertiary/aromatic N) is 2. The zero-order valence-corrected chi connectivity index (χ0v) is 16.6. The van der Waals surface area contributed by atoms with Crippen molar-refractivity contribution < 1.29 is 4.79 Å².